The maximum absolute atomic E-state index is 4.76. The van der Waals surface area contributed by atoms with E-state index in [1.54, 1.807) is 0 Å². The molecule has 2 aliphatic rings. The van der Waals surface area contributed by atoms with Gasteiger partial charge in [0.25, 0.3) is 0 Å². The number of hydrogen-bond donors (Lipinski definition) is 0. The average molecular weight is 190 g/mol. The minimum atomic E-state index is 0.781. The van der Waals surface area contributed by atoms with Crippen molar-refractivity contribution in [3.05, 3.63) is 17.7 Å². The molecule has 1 aromatic rings. The molecule has 76 valence electrons. The number of aromatic nitrogens is 2. The molecule has 1 aliphatic heterocycles. The van der Waals surface area contributed by atoms with Crippen molar-refractivity contribution in [2.45, 2.75) is 45.6 Å². The maximum Gasteiger partial charge on any atom is 0.108 e. The zero-order valence-electron chi connectivity index (χ0n) is 9.03. The van der Waals surface area contributed by atoms with Crippen LogP contribution in [-0.2, 0) is 13.0 Å². The highest BCUT2D eigenvalue weighted by Gasteiger charge is 2.36. The lowest BCUT2D eigenvalue weighted by Gasteiger charge is -2.19. The second-order valence-electron chi connectivity index (χ2n) is 5.20. The summed E-state index contributed by atoms with van der Waals surface area (Å²) in [6.45, 7) is 5.84. The average Bonchev–Trinajstić information content (AvgIpc) is 2.75. The fourth-order valence-corrected chi connectivity index (χ4v) is 2.55. The molecule has 0 aromatic carbocycles. The molecule has 2 heterocycles. The van der Waals surface area contributed by atoms with E-state index in [1.807, 2.05) is 0 Å². The molecule has 2 nitrogen and oxygen atoms in total. The summed E-state index contributed by atoms with van der Waals surface area (Å²) in [7, 11) is 0. The van der Waals surface area contributed by atoms with Crippen molar-refractivity contribution in [1.29, 1.82) is 0 Å². The Hall–Kier alpha value is -0.790. The summed E-state index contributed by atoms with van der Waals surface area (Å²) < 4.78 is 2.38. The summed E-state index contributed by atoms with van der Waals surface area (Å²) in [5.41, 5.74) is 1.36. The quantitative estimate of drug-likeness (QED) is 0.665. The van der Waals surface area contributed by atoms with E-state index in [1.165, 1.54) is 37.3 Å². The molecular formula is C12H18N2. The van der Waals surface area contributed by atoms with Crippen LogP contribution in [-0.4, -0.2) is 9.55 Å². The van der Waals surface area contributed by atoms with Crippen molar-refractivity contribution in [3.8, 4) is 0 Å². The van der Waals surface area contributed by atoms with E-state index in [2.05, 4.69) is 24.6 Å². The van der Waals surface area contributed by atoms with Crippen molar-refractivity contribution in [2.75, 3.05) is 0 Å². The second-order valence-corrected chi connectivity index (χ2v) is 5.20. The number of rotatable bonds is 1. The van der Waals surface area contributed by atoms with E-state index in [-0.39, 0.29) is 0 Å². The van der Waals surface area contributed by atoms with Crippen LogP contribution >= 0.6 is 0 Å². The lowest BCUT2D eigenvalue weighted by Crippen LogP contribution is -2.17. The molecule has 0 spiro atoms. The molecule has 1 fully saturated rings. The van der Waals surface area contributed by atoms with Crippen molar-refractivity contribution >= 4 is 0 Å². The standard InChI is InChI=1S/C12H18N2/c1-8-3-4-12-13-11(7-14(12)6-8)10-5-9(10)2/h7-10H,3-6H2,1-2H3. The Balaban J connectivity index is 1.88. The van der Waals surface area contributed by atoms with Gasteiger partial charge in [-0.1, -0.05) is 13.8 Å². The van der Waals surface area contributed by atoms with E-state index in [0.717, 1.165) is 17.8 Å². The number of imidazole rings is 1. The molecule has 0 amide bonds. The van der Waals surface area contributed by atoms with Crippen LogP contribution in [0.15, 0.2) is 6.20 Å². The molecule has 0 saturated heterocycles. The molecule has 3 rings (SSSR count). The summed E-state index contributed by atoms with van der Waals surface area (Å²) in [6, 6.07) is 0. The van der Waals surface area contributed by atoms with Gasteiger partial charge in [0.15, 0.2) is 0 Å². The molecule has 1 saturated carbocycles. The predicted molar refractivity (Wildman–Crippen MR) is 56.2 cm³/mol. The van der Waals surface area contributed by atoms with E-state index in [0.29, 0.717) is 0 Å². The number of aryl methyl sites for hydroxylation is 1. The second kappa shape index (κ2) is 2.85. The van der Waals surface area contributed by atoms with Gasteiger partial charge in [-0.15, -0.1) is 0 Å². The number of fused-ring (bicyclic) bond motifs is 1. The van der Waals surface area contributed by atoms with Gasteiger partial charge in [0.1, 0.15) is 5.82 Å². The molecule has 3 atom stereocenters. The number of hydrogen-bond acceptors (Lipinski definition) is 1. The third-order valence-corrected chi connectivity index (χ3v) is 3.74. The number of nitrogens with zero attached hydrogens (tertiary/aromatic N) is 2. The zero-order valence-corrected chi connectivity index (χ0v) is 9.03. The van der Waals surface area contributed by atoms with Crippen molar-refractivity contribution in [2.24, 2.45) is 11.8 Å². The van der Waals surface area contributed by atoms with Crippen LogP contribution in [0.25, 0.3) is 0 Å². The summed E-state index contributed by atoms with van der Waals surface area (Å²) in [5, 5.41) is 0. The Kier molecular flexibility index (Phi) is 1.73. The fraction of sp³-hybridized carbons (Fsp3) is 0.750. The Morgan fingerprint density at radius 2 is 2.21 bits per heavy atom. The summed E-state index contributed by atoms with van der Waals surface area (Å²) in [5.74, 6) is 3.83. The molecule has 2 heteroatoms. The van der Waals surface area contributed by atoms with Crippen LogP contribution in [0.1, 0.15) is 44.1 Å². The summed E-state index contributed by atoms with van der Waals surface area (Å²) >= 11 is 0. The maximum atomic E-state index is 4.76. The first kappa shape index (κ1) is 8.51. The molecule has 0 radical (unpaired) electrons. The molecule has 1 aromatic heterocycles. The van der Waals surface area contributed by atoms with Gasteiger partial charge in [-0.05, 0) is 24.7 Å². The van der Waals surface area contributed by atoms with Crippen LogP contribution in [0.3, 0.4) is 0 Å². The van der Waals surface area contributed by atoms with Crippen LogP contribution in [0.4, 0.5) is 0 Å². The van der Waals surface area contributed by atoms with Gasteiger partial charge in [-0.3, -0.25) is 0 Å². The minimum absolute atomic E-state index is 0.781. The largest absolute Gasteiger partial charge is 0.334 e. The minimum Gasteiger partial charge on any atom is -0.334 e. The van der Waals surface area contributed by atoms with Gasteiger partial charge in [-0.2, -0.15) is 0 Å². The first-order valence-electron chi connectivity index (χ1n) is 5.80. The smallest absolute Gasteiger partial charge is 0.108 e. The van der Waals surface area contributed by atoms with Crippen LogP contribution in [0.2, 0.25) is 0 Å². The van der Waals surface area contributed by atoms with Crippen molar-refractivity contribution < 1.29 is 0 Å². The highest BCUT2D eigenvalue weighted by atomic mass is 15.1. The Labute approximate surface area is 85.3 Å². The van der Waals surface area contributed by atoms with Crippen molar-refractivity contribution in [1.82, 2.24) is 9.55 Å². The lowest BCUT2D eigenvalue weighted by atomic mass is 10.0. The SMILES string of the molecule is CC1CCc2nc(C3CC3C)cn2C1. The van der Waals surface area contributed by atoms with E-state index >= 15 is 0 Å². The van der Waals surface area contributed by atoms with Gasteiger partial charge in [0, 0.05) is 25.1 Å². The van der Waals surface area contributed by atoms with Gasteiger partial charge < -0.3 is 4.57 Å². The summed E-state index contributed by atoms with van der Waals surface area (Å²) in [4.78, 5) is 4.76. The van der Waals surface area contributed by atoms with E-state index in [9.17, 15) is 0 Å². The predicted octanol–water partition coefficient (Wildman–Crippen LogP) is 2.59. The monoisotopic (exact) mass is 190 g/mol. The Morgan fingerprint density at radius 1 is 1.43 bits per heavy atom. The van der Waals surface area contributed by atoms with E-state index < -0.39 is 0 Å². The molecular weight excluding hydrogens is 172 g/mol. The highest BCUT2D eigenvalue weighted by molar-refractivity contribution is 5.18. The molecule has 0 N–H and O–H groups in total. The van der Waals surface area contributed by atoms with Gasteiger partial charge in [-0.25, -0.2) is 4.98 Å². The molecule has 1 aliphatic carbocycles. The topological polar surface area (TPSA) is 17.8 Å². The van der Waals surface area contributed by atoms with Crippen molar-refractivity contribution in [3.63, 3.8) is 0 Å². The van der Waals surface area contributed by atoms with Crippen LogP contribution in [0.5, 0.6) is 0 Å². The zero-order chi connectivity index (χ0) is 9.71. The fourth-order valence-electron chi connectivity index (χ4n) is 2.55. The molecule has 14 heavy (non-hydrogen) atoms. The van der Waals surface area contributed by atoms with Gasteiger partial charge in [0.2, 0.25) is 0 Å². The molecule has 3 unspecified atom stereocenters. The lowest BCUT2D eigenvalue weighted by molar-refractivity contribution is 0.394. The normalized spacial score (nSPS) is 35.4. The third-order valence-electron chi connectivity index (χ3n) is 3.74. The third kappa shape index (κ3) is 1.28. The van der Waals surface area contributed by atoms with Gasteiger partial charge >= 0.3 is 0 Å². The summed E-state index contributed by atoms with van der Waals surface area (Å²) in [6.07, 6.45) is 6.16. The van der Waals surface area contributed by atoms with Gasteiger partial charge in [0.05, 0.1) is 5.69 Å². The first-order chi connectivity index (χ1) is 6.74. The van der Waals surface area contributed by atoms with Crippen LogP contribution < -0.4 is 0 Å². The van der Waals surface area contributed by atoms with E-state index in [4.69, 9.17) is 4.98 Å². The first-order valence-corrected chi connectivity index (χ1v) is 5.80. The Morgan fingerprint density at radius 3 is 2.93 bits per heavy atom. The highest BCUT2D eigenvalue weighted by Crippen LogP contribution is 2.46. The Bertz CT molecular complexity index is 353. The molecule has 0 bridgehead atoms. The van der Waals surface area contributed by atoms with Crippen LogP contribution in [0, 0.1) is 11.8 Å².